The summed E-state index contributed by atoms with van der Waals surface area (Å²) in [4.78, 5) is 12.7. The van der Waals surface area contributed by atoms with Gasteiger partial charge in [0.1, 0.15) is 0 Å². The number of amides is 1. The monoisotopic (exact) mass is 304 g/mol. The third-order valence-corrected chi connectivity index (χ3v) is 5.84. The van der Waals surface area contributed by atoms with Crippen molar-refractivity contribution in [3.63, 3.8) is 0 Å². The molecule has 0 aliphatic heterocycles. The first-order chi connectivity index (χ1) is 10.4. The second-order valence-corrected chi connectivity index (χ2v) is 7.43. The van der Waals surface area contributed by atoms with Gasteiger partial charge in [0.2, 0.25) is 0 Å². The van der Waals surface area contributed by atoms with E-state index in [-0.39, 0.29) is 24.5 Å². The lowest BCUT2D eigenvalue weighted by Gasteiger charge is -2.30. The van der Waals surface area contributed by atoms with Crippen LogP contribution in [0.4, 0.5) is 0 Å². The van der Waals surface area contributed by atoms with Gasteiger partial charge >= 0.3 is 0 Å². The maximum absolute atomic E-state index is 12.7. The minimum Gasteiger partial charge on any atom is -0.396 e. The topological polar surface area (TPSA) is 54.3 Å². The number of nitrogens with zero attached hydrogens (tertiary/aromatic N) is 1. The number of aliphatic hydroxyl groups excluding tert-OH is 1. The van der Waals surface area contributed by atoms with E-state index >= 15 is 0 Å². The second kappa shape index (κ2) is 5.73. The lowest BCUT2D eigenvalue weighted by molar-refractivity contribution is 0.0861. The summed E-state index contributed by atoms with van der Waals surface area (Å²) in [6.07, 6.45) is 3.57. The Bertz CT molecular complexity index is 576. The van der Waals surface area contributed by atoms with Crippen LogP contribution in [0.2, 0.25) is 0 Å². The van der Waals surface area contributed by atoms with Crippen molar-refractivity contribution in [2.24, 2.45) is 17.8 Å². The predicted molar refractivity (Wildman–Crippen MR) is 87.0 cm³/mol. The lowest BCUT2D eigenvalue weighted by Crippen LogP contribution is -2.45. The molecule has 4 atom stereocenters. The zero-order valence-electron chi connectivity index (χ0n) is 14.1. The van der Waals surface area contributed by atoms with Crippen molar-refractivity contribution in [3.8, 4) is 0 Å². The predicted octanol–water partition coefficient (Wildman–Crippen LogP) is 2.82. The number of carbonyl (C=O) groups excluding carboxylic acids is 1. The van der Waals surface area contributed by atoms with Gasteiger partial charge in [-0.3, -0.25) is 4.79 Å². The highest BCUT2D eigenvalue weighted by atomic mass is 16.3. The number of rotatable bonds is 4. The third-order valence-electron chi connectivity index (χ3n) is 5.84. The Morgan fingerprint density at radius 2 is 2.05 bits per heavy atom. The van der Waals surface area contributed by atoms with Gasteiger partial charge in [0.05, 0.1) is 5.56 Å². The van der Waals surface area contributed by atoms with Gasteiger partial charge in [0, 0.05) is 36.0 Å². The average molecular weight is 304 g/mol. The molecular formula is C18H28N2O2. The van der Waals surface area contributed by atoms with Crippen LogP contribution >= 0.6 is 0 Å². The van der Waals surface area contributed by atoms with E-state index < -0.39 is 0 Å². The molecule has 2 N–H and O–H groups in total. The average Bonchev–Trinajstić information content (AvgIpc) is 3.11. The van der Waals surface area contributed by atoms with E-state index in [1.54, 1.807) is 0 Å². The van der Waals surface area contributed by atoms with Crippen LogP contribution in [0.3, 0.4) is 0 Å². The standard InChI is InChI=1S/C18H28N2O2/c1-10(2)20-11(3)7-15(12(20)4)18(22)19-17-14-6-5-13(8-14)16(17)9-21/h7,10,13-14,16-17,21H,5-6,8-9H2,1-4H3,(H,19,22). The minimum absolute atomic E-state index is 0.0241. The summed E-state index contributed by atoms with van der Waals surface area (Å²) in [6, 6.07) is 2.50. The number of aromatic nitrogens is 1. The van der Waals surface area contributed by atoms with E-state index in [0.717, 1.165) is 17.0 Å². The summed E-state index contributed by atoms with van der Waals surface area (Å²) >= 11 is 0. The highest BCUT2D eigenvalue weighted by Gasteiger charge is 2.47. The molecule has 2 aliphatic carbocycles. The maximum atomic E-state index is 12.7. The van der Waals surface area contributed by atoms with Gasteiger partial charge < -0.3 is 15.0 Å². The molecule has 1 amide bonds. The second-order valence-electron chi connectivity index (χ2n) is 7.43. The maximum Gasteiger partial charge on any atom is 0.253 e. The fraction of sp³-hybridized carbons (Fsp3) is 0.722. The van der Waals surface area contributed by atoms with Gasteiger partial charge in [-0.25, -0.2) is 0 Å². The van der Waals surface area contributed by atoms with Crippen LogP contribution in [0, 0.1) is 31.6 Å². The Hall–Kier alpha value is -1.29. The number of hydrogen-bond donors (Lipinski definition) is 2. The molecular weight excluding hydrogens is 276 g/mol. The molecule has 4 nitrogen and oxygen atoms in total. The Balaban J connectivity index is 1.79. The quantitative estimate of drug-likeness (QED) is 0.898. The molecule has 1 aromatic rings. The smallest absolute Gasteiger partial charge is 0.253 e. The first kappa shape index (κ1) is 15.6. The first-order valence-corrected chi connectivity index (χ1v) is 8.54. The molecule has 3 rings (SSSR count). The summed E-state index contributed by atoms with van der Waals surface area (Å²) in [7, 11) is 0. The number of nitrogens with one attached hydrogen (secondary N) is 1. The molecule has 0 aromatic carbocycles. The first-order valence-electron chi connectivity index (χ1n) is 8.54. The van der Waals surface area contributed by atoms with Crippen LogP contribution in [0.1, 0.15) is 60.9 Å². The van der Waals surface area contributed by atoms with Crippen LogP contribution < -0.4 is 5.32 Å². The van der Waals surface area contributed by atoms with Crippen LogP contribution in [-0.4, -0.2) is 28.2 Å². The lowest BCUT2D eigenvalue weighted by atomic mass is 9.85. The van der Waals surface area contributed by atoms with Crippen LogP contribution in [-0.2, 0) is 0 Å². The van der Waals surface area contributed by atoms with Crippen molar-refractivity contribution in [2.45, 2.75) is 59.0 Å². The van der Waals surface area contributed by atoms with Gasteiger partial charge in [-0.2, -0.15) is 0 Å². The van der Waals surface area contributed by atoms with Gasteiger partial charge in [0.15, 0.2) is 0 Å². The zero-order chi connectivity index (χ0) is 16.0. The van der Waals surface area contributed by atoms with E-state index in [1.165, 1.54) is 19.3 Å². The molecule has 22 heavy (non-hydrogen) atoms. The van der Waals surface area contributed by atoms with E-state index in [9.17, 15) is 9.90 Å². The van der Waals surface area contributed by atoms with Gasteiger partial charge in [0.25, 0.3) is 5.91 Å². The molecule has 4 heteroatoms. The Kier molecular flexibility index (Phi) is 4.06. The van der Waals surface area contributed by atoms with Gasteiger partial charge in [-0.05, 0) is 64.9 Å². The SMILES string of the molecule is Cc1cc(C(=O)NC2C3CCC(C3)C2CO)c(C)n1C(C)C. The molecule has 2 saturated carbocycles. The molecule has 2 aliphatic rings. The van der Waals surface area contributed by atoms with Crippen molar-refractivity contribution in [1.29, 1.82) is 0 Å². The zero-order valence-corrected chi connectivity index (χ0v) is 14.1. The Morgan fingerprint density at radius 3 is 2.64 bits per heavy atom. The summed E-state index contributed by atoms with van der Waals surface area (Å²) in [5.41, 5.74) is 2.95. The molecule has 4 unspecified atom stereocenters. The summed E-state index contributed by atoms with van der Waals surface area (Å²) < 4.78 is 2.21. The highest BCUT2D eigenvalue weighted by molar-refractivity contribution is 5.96. The summed E-state index contributed by atoms with van der Waals surface area (Å²) in [5, 5.41) is 12.9. The molecule has 2 fully saturated rings. The van der Waals surface area contributed by atoms with Crippen LogP contribution in [0.5, 0.6) is 0 Å². The van der Waals surface area contributed by atoms with Crippen molar-refractivity contribution in [3.05, 3.63) is 23.0 Å². The third kappa shape index (κ3) is 2.37. The van der Waals surface area contributed by atoms with Crippen molar-refractivity contribution >= 4 is 5.91 Å². The molecule has 1 aromatic heterocycles. The highest BCUT2D eigenvalue weighted by Crippen LogP contribution is 2.48. The van der Waals surface area contributed by atoms with Crippen molar-refractivity contribution in [1.82, 2.24) is 9.88 Å². The van der Waals surface area contributed by atoms with Crippen LogP contribution in [0.15, 0.2) is 6.07 Å². The molecule has 0 saturated heterocycles. The van der Waals surface area contributed by atoms with Gasteiger partial charge in [-0.15, -0.1) is 0 Å². The number of aliphatic hydroxyl groups is 1. The van der Waals surface area contributed by atoms with E-state index in [4.69, 9.17) is 0 Å². The molecule has 2 bridgehead atoms. The number of hydrogen-bond acceptors (Lipinski definition) is 2. The molecule has 122 valence electrons. The largest absolute Gasteiger partial charge is 0.396 e. The minimum atomic E-state index is 0.0241. The number of carbonyl (C=O) groups is 1. The van der Waals surface area contributed by atoms with E-state index in [2.05, 4.69) is 30.7 Å². The fourth-order valence-corrected chi connectivity index (χ4v) is 4.93. The summed E-state index contributed by atoms with van der Waals surface area (Å²) in [6.45, 7) is 8.54. The van der Waals surface area contributed by atoms with Crippen molar-refractivity contribution < 1.29 is 9.90 Å². The number of fused-ring (bicyclic) bond motifs is 2. The van der Waals surface area contributed by atoms with Gasteiger partial charge in [-0.1, -0.05) is 0 Å². The molecule has 0 radical (unpaired) electrons. The molecule has 1 heterocycles. The van der Waals surface area contributed by atoms with Crippen molar-refractivity contribution in [2.75, 3.05) is 6.61 Å². The normalized spacial score (nSPS) is 30.3. The summed E-state index contributed by atoms with van der Waals surface area (Å²) in [5.74, 6) is 1.43. The number of aryl methyl sites for hydroxylation is 1. The fourth-order valence-electron chi connectivity index (χ4n) is 4.93. The van der Waals surface area contributed by atoms with Crippen LogP contribution in [0.25, 0.3) is 0 Å². The van der Waals surface area contributed by atoms with E-state index in [0.29, 0.717) is 17.9 Å². The Morgan fingerprint density at radius 1 is 1.36 bits per heavy atom. The van der Waals surface area contributed by atoms with E-state index in [1.807, 2.05) is 13.0 Å². The Labute approximate surface area is 132 Å². The molecule has 0 spiro atoms.